The number of carbonyl (C=O) groups is 2. The van der Waals surface area contributed by atoms with Crippen molar-refractivity contribution in [1.29, 1.82) is 0 Å². The van der Waals surface area contributed by atoms with Gasteiger partial charge in [0.1, 0.15) is 5.82 Å². The smallest absolute Gasteiger partial charge is 0.257 e. The van der Waals surface area contributed by atoms with Gasteiger partial charge in [0.05, 0.1) is 10.6 Å². The highest BCUT2D eigenvalue weighted by Gasteiger charge is 2.30. The lowest BCUT2D eigenvalue weighted by atomic mass is 9.85. The number of halogens is 1. The van der Waals surface area contributed by atoms with Crippen molar-refractivity contribution in [2.45, 2.75) is 18.8 Å². The monoisotopic (exact) mass is 366 g/mol. The Morgan fingerprint density at radius 1 is 1.08 bits per heavy atom. The molecule has 0 radical (unpaired) electrons. The zero-order chi connectivity index (χ0) is 18.1. The summed E-state index contributed by atoms with van der Waals surface area (Å²) in [5.41, 5.74) is 2.19. The van der Waals surface area contributed by atoms with Crippen LogP contribution in [0, 0.1) is 5.82 Å². The van der Waals surface area contributed by atoms with Gasteiger partial charge < -0.3 is 0 Å². The SMILES string of the molecule is O=C(Nc1nc2c(s1)C(=O)C[C@@H](c1ccccc1)C2)c1ccc(F)cc1. The Hall–Kier alpha value is -2.86. The molecular weight excluding hydrogens is 351 g/mol. The van der Waals surface area contributed by atoms with Gasteiger partial charge in [-0.3, -0.25) is 14.9 Å². The molecule has 1 aliphatic carbocycles. The molecule has 0 unspecified atom stereocenters. The molecule has 26 heavy (non-hydrogen) atoms. The van der Waals surface area contributed by atoms with Gasteiger partial charge in [-0.2, -0.15) is 0 Å². The highest BCUT2D eigenvalue weighted by molar-refractivity contribution is 7.17. The Balaban J connectivity index is 1.54. The summed E-state index contributed by atoms with van der Waals surface area (Å²) in [5.74, 6) is -0.606. The minimum Gasteiger partial charge on any atom is -0.298 e. The molecule has 3 aromatic rings. The van der Waals surface area contributed by atoms with Crippen LogP contribution in [0.15, 0.2) is 54.6 Å². The number of hydrogen-bond acceptors (Lipinski definition) is 4. The van der Waals surface area contributed by atoms with Gasteiger partial charge in [0.15, 0.2) is 10.9 Å². The maximum Gasteiger partial charge on any atom is 0.257 e. The van der Waals surface area contributed by atoms with Crippen LogP contribution >= 0.6 is 11.3 Å². The largest absolute Gasteiger partial charge is 0.298 e. The van der Waals surface area contributed by atoms with E-state index in [2.05, 4.69) is 10.3 Å². The molecule has 0 saturated carbocycles. The van der Waals surface area contributed by atoms with Crippen LogP contribution < -0.4 is 5.32 Å². The first-order valence-corrected chi connectivity index (χ1v) is 9.06. The van der Waals surface area contributed by atoms with Crippen molar-refractivity contribution in [3.8, 4) is 0 Å². The molecule has 1 N–H and O–H groups in total. The van der Waals surface area contributed by atoms with Crippen molar-refractivity contribution in [1.82, 2.24) is 4.98 Å². The normalized spacial score (nSPS) is 16.2. The van der Waals surface area contributed by atoms with E-state index in [0.29, 0.717) is 28.4 Å². The van der Waals surface area contributed by atoms with E-state index in [4.69, 9.17) is 0 Å². The summed E-state index contributed by atoms with van der Waals surface area (Å²) in [5, 5.41) is 3.10. The minimum atomic E-state index is -0.399. The number of ketones is 1. The number of anilines is 1. The topological polar surface area (TPSA) is 59.1 Å². The van der Waals surface area contributed by atoms with Crippen molar-refractivity contribution in [2.24, 2.45) is 0 Å². The van der Waals surface area contributed by atoms with Crippen molar-refractivity contribution >= 4 is 28.2 Å². The average molecular weight is 366 g/mol. The fourth-order valence-electron chi connectivity index (χ4n) is 3.11. The highest BCUT2D eigenvalue weighted by atomic mass is 32.1. The molecule has 0 bridgehead atoms. The maximum absolute atomic E-state index is 13.0. The number of nitrogens with zero attached hydrogens (tertiary/aromatic N) is 1. The number of carbonyl (C=O) groups excluding carboxylic acids is 2. The van der Waals surface area contributed by atoms with Crippen LogP contribution in [0.2, 0.25) is 0 Å². The van der Waals surface area contributed by atoms with E-state index < -0.39 is 5.82 Å². The van der Waals surface area contributed by atoms with Crippen LogP contribution in [-0.2, 0) is 6.42 Å². The summed E-state index contributed by atoms with van der Waals surface area (Å²) in [6.45, 7) is 0. The van der Waals surface area contributed by atoms with Gasteiger partial charge in [-0.05, 0) is 42.2 Å². The van der Waals surface area contributed by atoms with E-state index >= 15 is 0 Å². The fraction of sp³-hybridized carbons (Fsp3) is 0.150. The second kappa shape index (κ2) is 6.80. The number of nitrogens with one attached hydrogen (secondary N) is 1. The van der Waals surface area contributed by atoms with E-state index in [1.165, 1.54) is 35.6 Å². The Kier molecular flexibility index (Phi) is 4.34. The molecule has 0 fully saturated rings. The summed E-state index contributed by atoms with van der Waals surface area (Å²) in [6, 6.07) is 15.2. The number of fused-ring (bicyclic) bond motifs is 1. The molecule has 2 aromatic carbocycles. The standard InChI is InChI=1S/C20H15FN2O2S/c21-15-8-6-13(7-9-15)19(25)23-20-22-16-10-14(11-17(24)18(16)26-20)12-4-2-1-3-5-12/h1-9,14H,10-11H2,(H,22,23,25)/t14-/m0/s1. The van der Waals surface area contributed by atoms with E-state index in [1.807, 2.05) is 30.3 Å². The van der Waals surface area contributed by atoms with Crippen LogP contribution in [0.1, 0.15) is 43.6 Å². The second-order valence-corrected chi connectivity index (χ2v) is 7.19. The third-order valence-corrected chi connectivity index (χ3v) is 5.47. The third-order valence-electron chi connectivity index (χ3n) is 4.42. The van der Waals surface area contributed by atoms with E-state index in [0.717, 1.165) is 11.3 Å². The predicted molar refractivity (Wildman–Crippen MR) is 98.3 cm³/mol. The molecule has 1 amide bonds. The molecule has 4 nitrogen and oxygen atoms in total. The summed E-state index contributed by atoms with van der Waals surface area (Å²) in [7, 11) is 0. The Bertz CT molecular complexity index is 967. The second-order valence-electron chi connectivity index (χ2n) is 6.19. The van der Waals surface area contributed by atoms with Crippen molar-refractivity contribution < 1.29 is 14.0 Å². The van der Waals surface area contributed by atoms with Gasteiger partial charge in [-0.15, -0.1) is 0 Å². The number of aromatic nitrogens is 1. The van der Waals surface area contributed by atoms with Crippen LogP contribution in [0.3, 0.4) is 0 Å². The number of benzene rings is 2. The first-order valence-electron chi connectivity index (χ1n) is 8.25. The van der Waals surface area contributed by atoms with Gasteiger partial charge >= 0.3 is 0 Å². The van der Waals surface area contributed by atoms with Crippen LogP contribution in [0.25, 0.3) is 0 Å². The molecule has 130 valence electrons. The number of hydrogen-bond donors (Lipinski definition) is 1. The van der Waals surface area contributed by atoms with Crippen LogP contribution in [0.5, 0.6) is 0 Å². The van der Waals surface area contributed by atoms with Gasteiger partial charge in [0.25, 0.3) is 5.91 Å². The third kappa shape index (κ3) is 3.28. The minimum absolute atomic E-state index is 0.0554. The lowest BCUT2D eigenvalue weighted by Crippen LogP contribution is -2.17. The van der Waals surface area contributed by atoms with Gasteiger partial charge in [0.2, 0.25) is 0 Å². The number of rotatable bonds is 3. The van der Waals surface area contributed by atoms with Crippen molar-refractivity contribution in [3.63, 3.8) is 0 Å². The molecule has 6 heteroatoms. The van der Waals surface area contributed by atoms with Gasteiger partial charge in [-0.1, -0.05) is 41.7 Å². The summed E-state index contributed by atoms with van der Waals surface area (Å²) in [6.07, 6.45) is 1.12. The fourth-order valence-corrected chi connectivity index (χ4v) is 4.05. The molecule has 1 heterocycles. The van der Waals surface area contributed by atoms with E-state index in [1.54, 1.807) is 0 Å². The molecule has 1 atom stereocenters. The molecule has 4 rings (SSSR count). The molecular formula is C20H15FN2O2S. The molecule has 0 spiro atoms. The highest BCUT2D eigenvalue weighted by Crippen LogP contribution is 2.36. The average Bonchev–Trinajstić information content (AvgIpc) is 3.06. The summed E-state index contributed by atoms with van der Waals surface area (Å²) in [4.78, 5) is 29.8. The predicted octanol–water partition coefficient (Wildman–Crippen LogP) is 4.45. The number of thiazole rings is 1. The van der Waals surface area contributed by atoms with Crippen LogP contribution in [-0.4, -0.2) is 16.7 Å². The molecule has 0 saturated heterocycles. The van der Waals surface area contributed by atoms with E-state index in [-0.39, 0.29) is 17.6 Å². The zero-order valence-electron chi connectivity index (χ0n) is 13.7. The van der Waals surface area contributed by atoms with Gasteiger partial charge in [-0.25, -0.2) is 9.37 Å². The molecule has 0 aliphatic heterocycles. The molecule has 1 aliphatic rings. The number of Topliss-reactive ketones (excluding diaryl/α,β-unsaturated/α-hetero) is 1. The quantitative estimate of drug-likeness (QED) is 0.745. The Labute approximate surface area is 153 Å². The maximum atomic E-state index is 13.0. The lowest BCUT2D eigenvalue weighted by Gasteiger charge is -2.20. The van der Waals surface area contributed by atoms with E-state index in [9.17, 15) is 14.0 Å². The first kappa shape index (κ1) is 16.6. The van der Waals surface area contributed by atoms with Crippen molar-refractivity contribution in [3.05, 3.63) is 82.1 Å². The van der Waals surface area contributed by atoms with Gasteiger partial charge in [0, 0.05) is 12.0 Å². The Morgan fingerprint density at radius 3 is 2.54 bits per heavy atom. The lowest BCUT2D eigenvalue weighted by molar-refractivity contribution is 0.0967. The summed E-state index contributed by atoms with van der Waals surface area (Å²) < 4.78 is 13.0. The molecule has 1 aromatic heterocycles. The van der Waals surface area contributed by atoms with Crippen LogP contribution in [0.4, 0.5) is 9.52 Å². The summed E-state index contributed by atoms with van der Waals surface area (Å²) >= 11 is 1.20. The Morgan fingerprint density at radius 2 is 1.81 bits per heavy atom. The first-order chi connectivity index (χ1) is 12.6. The van der Waals surface area contributed by atoms with Crippen molar-refractivity contribution in [2.75, 3.05) is 5.32 Å². The zero-order valence-corrected chi connectivity index (χ0v) is 14.6. The number of amides is 1.